The molecule has 3 heterocycles. The van der Waals surface area contributed by atoms with Crippen molar-refractivity contribution in [1.29, 1.82) is 0 Å². The Morgan fingerprint density at radius 1 is 1.19 bits per heavy atom. The lowest BCUT2D eigenvalue weighted by molar-refractivity contribution is 0.170. The van der Waals surface area contributed by atoms with E-state index < -0.39 is 0 Å². The van der Waals surface area contributed by atoms with Crippen LogP contribution >= 0.6 is 11.3 Å². The van der Waals surface area contributed by atoms with Crippen LogP contribution in [0.4, 0.5) is 0 Å². The second-order valence-electron chi connectivity index (χ2n) is 6.76. The molecule has 1 unspecified atom stereocenters. The Morgan fingerprint density at radius 2 is 2.05 bits per heavy atom. The Balaban J connectivity index is 1.30. The molecule has 1 aromatic heterocycles. The van der Waals surface area contributed by atoms with Crippen molar-refractivity contribution in [1.82, 2.24) is 20.1 Å². The summed E-state index contributed by atoms with van der Waals surface area (Å²) in [7, 11) is 0. The van der Waals surface area contributed by atoms with Crippen molar-refractivity contribution in [3.05, 3.63) is 16.1 Å². The van der Waals surface area contributed by atoms with Crippen molar-refractivity contribution in [2.75, 3.05) is 39.3 Å². The summed E-state index contributed by atoms with van der Waals surface area (Å²) in [6.07, 6.45) is 7.60. The van der Waals surface area contributed by atoms with E-state index in [4.69, 9.17) is 0 Å². The van der Waals surface area contributed by atoms with Crippen LogP contribution in [-0.4, -0.2) is 60.1 Å². The van der Waals surface area contributed by atoms with E-state index in [-0.39, 0.29) is 0 Å². The summed E-state index contributed by atoms with van der Waals surface area (Å²) in [5.41, 5.74) is 0. The summed E-state index contributed by atoms with van der Waals surface area (Å²) in [5.74, 6) is 0.788. The molecule has 3 fully saturated rings. The number of likely N-dealkylation sites (tertiary alicyclic amines) is 1. The van der Waals surface area contributed by atoms with Crippen LogP contribution in [-0.2, 0) is 6.54 Å². The summed E-state index contributed by atoms with van der Waals surface area (Å²) in [6.45, 7) is 8.40. The van der Waals surface area contributed by atoms with E-state index in [9.17, 15) is 0 Å². The molecule has 0 amide bonds. The number of piperazine rings is 1. The molecule has 1 saturated carbocycles. The minimum atomic E-state index is 0.783. The van der Waals surface area contributed by atoms with Crippen molar-refractivity contribution in [3.8, 4) is 0 Å². The molecule has 1 aliphatic carbocycles. The molecule has 3 aliphatic rings. The van der Waals surface area contributed by atoms with Gasteiger partial charge in [-0.1, -0.05) is 6.42 Å². The molecule has 4 rings (SSSR count). The lowest BCUT2D eigenvalue weighted by atomic mass is 9.86. The van der Waals surface area contributed by atoms with E-state index in [0.29, 0.717) is 0 Å². The van der Waals surface area contributed by atoms with E-state index in [1.165, 1.54) is 61.7 Å². The van der Waals surface area contributed by atoms with E-state index in [1.54, 1.807) is 0 Å². The van der Waals surface area contributed by atoms with E-state index in [2.05, 4.69) is 26.3 Å². The summed E-state index contributed by atoms with van der Waals surface area (Å²) in [6, 6.07) is 0.783. The van der Waals surface area contributed by atoms with Gasteiger partial charge in [-0.25, -0.2) is 4.98 Å². The summed E-state index contributed by atoms with van der Waals surface area (Å²) in [5, 5.41) is 4.85. The van der Waals surface area contributed by atoms with Gasteiger partial charge in [0.2, 0.25) is 0 Å². The minimum absolute atomic E-state index is 0.783. The maximum absolute atomic E-state index is 4.66. The van der Waals surface area contributed by atoms with Gasteiger partial charge in [0.15, 0.2) is 0 Å². The largest absolute Gasteiger partial charge is 0.314 e. The molecular formula is C16H26N4S. The Kier molecular flexibility index (Phi) is 4.25. The molecule has 2 aliphatic heterocycles. The van der Waals surface area contributed by atoms with E-state index in [0.717, 1.165) is 31.6 Å². The van der Waals surface area contributed by atoms with Gasteiger partial charge < -0.3 is 5.32 Å². The van der Waals surface area contributed by atoms with Gasteiger partial charge in [-0.3, -0.25) is 9.80 Å². The van der Waals surface area contributed by atoms with Crippen molar-refractivity contribution < 1.29 is 0 Å². The molecule has 5 heteroatoms. The fraction of sp³-hybridized carbons (Fsp3) is 0.812. The molecule has 1 atom stereocenters. The van der Waals surface area contributed by atoms with Gasteiger partial charge in [0.05, 0.1) is 5.01 Å². The van der Waals surface area contributed by atoms with Crippen LogP contribution in [0.3, 0.4) is 0 Å². The molecule has 21 heavy (non-hydrogen) atoms. The van der Waals surface area contributed by atoms with Crippen molar-refractivity contribution in [2.45, 2.75) is 44.2 Å². The zero-order valence-corrected chi connectivity index (χ0v) is 13.6. The second-order valence-corrected chi connectivity index (χ2v) is 7.90. The summed E-state index contributed by atoms with van der Waals surface area (Å²) >= 11 is 1.96. The summed E-state index contributed by atoms with van der Waals surface area (Å²) < 4.78 is 0. The van der Waals surface area contributed by atoms with E-state index in [1.807, 2.05) is 11.3 Å². The third-order valence-electron chi connectivity index (χ3n) is 5.32. The normalized spacial score (nSPS) is 28.9. The van der Waals surface area contributed by atoms with Crippen molar-refractivity contribution in [2.24, 2.45) is 0 Å². The molecule has 0 radical (unpaired) electrons. The lowest BCUT2D eigenvalue weighted by Crippen LogP contribution is -2.49. The van der Waals surface area contributed by atoms with Gasteiger partial charge in [0.25, 0.3) is 0 Å². The minimum Gasteiger partial charge on any atom is -0.314 e. The molecular weight excluding hydrogens is 280 g/mol. The van der Waals surface area contributed by atoms with Gasteiger partial charge in [-0.15, -0.1) is 11.3 Å². The third-order valence-corrected chi connectivity index (χ3v) is 6.47. The average Bonchev–Trinajstić information content (AvgIpc) is 3.09. The first-order chi connectivity index (χ1) is 10.4. The number of aromatic nitrogens is 1. The van der Waals surface area contributed by atoms with Gasteiger partial charge in [0, 0.05) is 68.8 Å². The van der Waals surface area contributed by atoms with Crippen LogP contribution in [0, 0.1) is 0 Å². The number of nitrogens with zero attached hydrogens (tertiary/aromatic N) is 3. The van der Waals surface area contributed by atoms with Gasteiger partial charge in [-0.05, 0) is 19.3 Å². The van der Waals surface area contributed by atoms with Crippen LogP contribution in [0.15, 0.2) is 6.20 Å². The quantitative estimate of drug-likeness (QED) is 0.920. The molecule has 0 aromatic carbocycles. The van der Waals surface area contributed by atoms with Gasteiger partial charge in [0.1, 0.15) is 0 Å². The van der Waals surface area contributed by atoms with Gasteiger partial charge >= 0.3 is 0 Å². The van der Waals surface area contributed by atoms with Crippen LogP contribution < -0.4 is 5.32 Å². The molecule has 2 saturated heterocycles. The van der Waals surface area contributed by atoms with Crippen LogP contribution in [0.25, 0.3) is 0 Å². The molecule has 1 N–H and O–H groups in total. The Morgan fingerprint density at radius 3 is 2.81 bits per heavy atom. The number of thiazole rings is 1. The first kappa shape index (κ1) is 14.1. The standard InChI is InChI=1S/C16H26N4S/c1-2-13(3-1)16-18-10-15(21-16)12-19-7-4-14(11-19)20-8-5-17-6-9-20/h10,13-14,17H,1-9,11-12H2. The second kappa shape index (κ2) is 6.32. The predicted octanol–water partition coefficient (Wildman–Crippen LogP) is 1.89. The van der Waals surface area contributed by atoms with Crippen LogP contribution in [0.2, 0.25) is 0 Å². The lowest BCUT2D eigenvalue weighted by Gasteiger charge is -2.32. The number of hydrogen-bond acceptors (Lipinski definition) is 5. The maximum atomic E-state index is 4.66. The smallest absolute Gasteiger partial charge is 0.0959 e. The fourth-order valence-electron chi connectivity index (χ4n) is 3.76. The Bertz CT molecular complexity index is 465. The van der Waals surface area contributed by atoms with Crippen molar-refractivity contribution in [3.63, 3.8) is 0 Å². The van der Waals surface area contributed by atoms with Crippen LogP contribution in [0.5, 0.6) is 0 Å². The number of rotatable bonds is 4. The third kappa shape index (κ3) is 3.16. The number of nitrogens with one attached hydrogen (secondary N) is 1. The summed E-state index contributed by atoms with van der Waals surface area (Å²) in [4.78, 5) is 11.4. The topological polar surface area (TPSA) is 31.4 Å². The molecule has 0 bridgehead atoms. The first-order valence-electron chi connectivity index (χ1n) is 8.50. The molecule has 116 valence electrons. The highest BCUT2D eigenvalue weighted by atomic mass is 32.1. The SMILES string of the molecule is c1nc(C2CCC2)sc1CN1CCC(N2CCNCC2)C1. The highest BCUT2D eigenvalue weighted by Gasteiger charge is 2.29. The first-order valence-corrected chi connectivity index (χ1v) is 9.32. The maximum Gasteiger partial charge on any atom is 0.0959 e. The molecule has 0 spiro atoms. The van der Waals surface area contributed by atoms with E-state index >= 15 is 0 Å². The molecule has 4 nitrogen and oxygen atoms in total. The zero-order chi connectivity index (χ0) is 14.1. The predicted molar refractivity (Wildman–Crippen MR) is 86.8 cm³/mol. The Labute approximate surface area is 131 Å². The number of hydrogen-bond donors (Lipinski definition) is 1. The van der Waals surface area contributed by atoms with Crippen molar-refractivity contribution >= 4 is 11.3 Å². The highest BCUT2D eigenvalue weighted by molar-refractivity contribution is 7.11. The zero-order valence-electron chi connectivity index (χ0n) is 12.8. The fourth-order valence-corrected chi connectivity index (χ4v) is 4.89. The average molecular weight is 306 g/mol. The highest BCUT2D eigenvalue weighted by Crippen LogP contribution is 2.38. The molecule has 1 aromatic rings. The van der Waals surface area contributed by atoms with Crippen LogP contribution in [0.1, 0.15) is 41.5 Å². The van der Waals surface area contributed by atoms with Gasteiger partial charge in [-0.2, -0.15) is 0 Å². The Hall–Kier alpha value is -0.490. The monoisotopic (exact) mass is 306 g/mol.